The molecule has 1 aliphatic rings. The van der Waals surface area contributed by atoms with E-state index in [1.54, 1.807) is 6.07 Å². The molecule has 0 atom stereocenters. The molecule has 0 unspecified atom stereocenters. The molecular weight excluding hydrogens is 241 g/mol. The summed E-state index contributed by atoms with van der Waals surface area (Å²) in [6, 6.07) is 7.51. The largest absolute Gasteiger partial charge is 0.416 e. The fourth-order valence-corrected chi connectivity index (χ4v) is 2.44. The average Bonchev–Trinajstić information content (AvgIpc) is 2.38. The molecule has 1 aliphatic heterocycles. The van der Waals surface area contributed by atoms with E-state index in [0.717, 1.165) is 6.07 Å². The first-order chi connectivity index (χ1) is 8.49. The van der Waals surface area contributed by atoms with Crippen LogP contribution in [-0.4, -0.2) is 13.1 Å². The zero-order valence-corrected chi connectivity index (χ0v) is 9.72. The maximum absolute atomic E-state index is 13.0. The molecule has 1 aromatic carbocycles. The smallest absolute Gasteiger partial charge is 0.317 e. The number of nitrogens with one attached hydrogen (secondary N) is 1. The van der Waals surface area contributed by atoms with E-state index in [4.69, 9.17) is 0 Å². The lowest BCUT2D eigenvalue weighted by Gasteiger charge is -2.33. The first-order valence-electron chi connectivity index (χ1n) is 5.78. The van der Waals surface area contributed by atoms with Crippen LogP contribution in [0.1, 0.15) is 24.0 Å². The number of piperidine rings is 1. The Labute approximate surface area is 103 Å². The number of nitriles is 1. The van der Waals surface area contributed by atoms with Crippen molar-refractivity contribution in [1.29, 1.82) is 5.26 Å². The van der Waals surface area contributed by atoms with Crippen molar-refractivity contribution in [3.63, 3.8) is 0 Å². The molecule has 0 spiro atoms. The van der Waals surface area contributed by atoms with Crippen molar-refractivity contribution < 1.29 is 13.2 Å². The first kappa shape index (κ1) is 12.9. The molecular formula is C13H13F3N2. The van der Waals surface area contributed by atoms with Gasteiger partial charge in [0, 0.05) is 0 Å². The van der Waals surface area contributed by atoms with Gasteiger partial charge in [-0.05, 0) is 37.6 Å². The third-order valence-electron chi connectivity index (χ3n) is 3.42. The maximum Gasteiger partial charge on any atom is 0.416 e. The van der Waals surface area contributed by atoms with Crippen LogP contribution >= 0.6 is 0 Å². The summed E-state index contributed by atoms with van der Waals surface area (Å²) in [6.45, 7) is 1.14. The summed E-state index contributed by atoms with van der Waals surface area (Å²) in [5.74, 6) is 0. The molecule has 0 bridgehead atoms. The zero-order chi connectivity index (χ0) is 13.2. The lowest BCUT2D eigenvalue weighted by Crippen LogP contribution is -2.40. The van der Waals surface area contributed by atoms with E-state index in [9.17, 15) is 18.4 Å². The molecule has 1 aromatic rings. The standard InChI is InChI=1S/C13H13F3N2/c14-13(15,16)11-4-2-1-3-10(11)12(9-17)5-7-18-8-6-12/h1-4,18H,5-8H2. The van der Waals surface area contributed by atoms with Crippen LogP contribution in [0.4, 0.5) is 13.2 Å². The fourth-order valence-electron chi connectivity index (χ4n) is 2.44. The number of benzene rings is 1. The van der Waals surface area contributed by atoms with E-state index >= 15 is 0 Å². The molecule has 1 saturated heterocycles. The molecule has 2 nitrogen and oxygen atoms in total. The molecule has 18 heavy (non-hydrogen) atoms. The van der Waals surface area contributed by atoms with Gasteiger partial charge in [-0.15, -0.1) is 0 Å². The van der Waals surface area contributed by atoms with Crippen molar-refractivity contribution in [3.05, 3.63) is 35.4 Å². The second-order valence-corrected chi connectivity index (χ2v) is 4.49. The highest BCUT2D eigenvalue weighted by Gasteiger charge is 2.42. The van der Waals surface area contributed by atoms with Crippen molar-refractivity contribution in [1.82, 2.24) is 5.32 Å². The van der Waals surface area contributed by atoms with Gasteiger partial charge in [0.05, 0.1) is 17.0 Å². The van der Waals surface area contributed by atoms with Gasteiger partial charge in [0.25, 0.3) is 0 Å². The number of nitrogens with zero attached hydrogens (tertiary/aromatic N) is 1. The fraction of sp³-hybridized carbons (Fsp3) is 0.462. The number of alkyl halides is 3. The summed E-state index contributed by atoms with van der Waals surface area (Å²) in [4.78, 5) is 0. The quantitative estimate of drug-likeness (QED) is 0.836. The molecule has 1 fully saturated rings. The highest BCUT2D eigenvalue weighted by Crippen LogP contribution is 2.41. The minimum Gasteiger partial charge on any atom is -0.317 e. The van der Waals surface area contributed by atoms with Crippen LogP contribution in [-0.2, 0) is 11.6 Å². The average molecular weight is 254 g/mol. The molecule has 1 N–H and O–H groups in total. The Balaban J connectivity index is 2.53. The van der Waals surface area contributed by atoms with Crippen molar-refractivity contribution in [3.8, 4) is 6.07 Å². The van der Waals surface area contributed by atoms with Crippen LogP contribution in [0.15, 0.2) is 24.3 Å². The predicted octanol–water partition coefficient (Wildman–Crippen LogP) is 2.85. The Morgan fingerprint density at radius 2 is 1.78 bits per heavy atom. The summed E-state index contributed by atoms with van der Waals surface area (Å²) < 4.78 is 39.0. The molecule has 0 radical (unpaired) electrons. The van der Waals surface area contributed by atoms with Gasteiger partial charge in [-0.1, -0.05) is 18.2 Å². The van der Waals surface area contributed by atoms with Gasteiger partial charge in [-0.2, -0.15) is 18.4 Å². The van der Waals surface area contributed by atoms with Gasteiger partial charge in [-0.25, -0.2) is 0 Å². The monoisotopic (exact) mass is 254 g/mol. The predicted molar refractivity (Wildman–Crippen MR) is 60.8 cm³/mol. The van der Waals surface area contributed by atoms with Crippen LogP contribution in [0, 0.1) is 11.3 Å². The SMILES string of the molecule is N#CC1(c2ccccc2C(F)(F)F)CCNCC1. The van der Waals surface area contributed by atoms with E-state index in [1.165, 1.54) is 12.1 Å². The highest BCUT2D eigenvalue weighted by molar-refractivity contribution is 5.41. The van der Waals surface area contributed by atoms with Crippen LogP contribution in [0.25, 0.3) is 0 Å². The van der Waals surface area contributed by atoms with E-state index in [1.807, 2.05) is 0 Å². The van der Waals surface area contributed by atoms with Crippen molar-refractivity contribution in [2.45, 2.75) is 24.4 Å². The van der Waals surface area contributed by atoms with E-state index < -0.39 is 17.2 Å². The molecule has 0 aliphatic carbocycles. The van der Waals surface area contributed by atoms with Crippen LogP contribution < -0.4 is 5.32 Å². The van der Waals surface area contributed by atoms with E-state index in [0.29, 0.717) is 25.9 Å². The Hall–Kier alpha value is -1.54. The Kier molecular flexibility index (Phi) is 3.31. The van der Waals surface area contributed by atoms with Gasteiger partial charge >= 0.3 is 6.18 Å². The van der Waals surface area contributed by atoms with Gasteiger partial charge in [0.2, 0.25) is 0 Å². The summed E-state index contributed by atoms with van der Waals surface area (Å²) in [5, 5.41) is 12.4. The molecule has 0 aromatic heterocycles. The van der Waals surface area contributed by atoms with Gasteiger partial charge < -0.3 is 5.32 Å². The number of hydrogen-bond donors (Lipinski definition) is 1. The summed E-state index contributed by atoms with van der Waals surface area (Å²) in [5.41, 5.74) is -1.59. The first-order valence-corrected chi connectivity index (χ1v) is 5.78. The normalized spacial score (nSPS) is 19.2. The minimum absolute atomic E-state index is 0.113. The van der Waals surface area contributed by atoms with E-state index in [2.05, 4.69) is 11.4 Å². The molecule has 2 rings (SSSR count). The van der Waals surface area contributed by atoms with Gasteiger partial charge in [0.15, 0.2) is 0 Å². The third-order valence-corrected chi connectivity index (χ3v) is 3.42. The van der Waals surface area contributed by atoms with Gasteiger partial charge in [0.1, 0.15) is 0 Å². The Morgan fingerprint density at radius 3 is 2.33 bits per heavy atom. The van der Waals surface area contributed by atoms with Crippen LogP contribution in [0.5, 0.6) is 0 Å². The van der Waals surface area contributed by atoms with Crippen LogP contribution in [0.3, 0.4) is 0 Å². The lowest BCUT2D eigenvalue weighted by molar-refractivity contribution is -0.138. The second-order valence-electron chi connectivity index (χ2n) is 4.49. The molecule has 1 heterocycles. The van der Waals surface area contributed by atoms with Crippen molar-refractivity contribution in [2.75, 3.05) is 13.1 Å². The number of halogens is 3. The molecule has 0 saturated carbocycles. The second kappa shape index (κ2) is 4.62. The Bertz CT molecular complexity index is 468. The number of hydrogen-bond acceptors (Lipinski definition) is 2. The number of rotatable bonds is 1. The van der Waals surface area contributed by atoms with E-state index in [-0.39, 0.29) is 5.56 Å². The maximum atomic E-state index is 13.0. The summed E-state index contributed by atoms with van der Waals surface area (Å²) in [7, 11) is 0. The van der Waals surface area contributed by atoms with Crippen LogP contribution in [0.2, 0.25) is 0 Å². The highest BCUT2D eigenvalue weighted by atomic mass is 19.4. The molecule has 96 valence electrons. The molecule has 0 amide bonds. The lowest BCUT2D eigenvalue weighted by atomic mass is 9.72. The van der Waals surface area contributed by atoms with Gasteiger partial charge in [-0.3, -0.25) is 0 Å². The Morgan fingerprint density at radius 1 is 1.17 bits per heavy atom. The van der Waals surface area contributed by atoms with Crippen molar-refractivity contribution in [2.24, 2.45) is 0 Å². The van der Waals surface area contributed by atoms with Crippen molar-refractivity contribution >= 4 is 0 Å². The summed E-state index contributed by atoms with van der Waals surface area (Å²) in [6.07, 6.45) is -3.58. The topological polar surface area (TPSA) is 35.8 Å². The minimum atomic E-state index is -4.41. The zero-order valence-electron chi connectivity index (χ0n) is 9.72. The third kappa shape index (κ3) is 2.21. The summed E-state index contributed by atoms with van der Waals surface area (Å²) >= 11 is 0. The molecule has 5 heteroatoms.